The van der Waals surface area contributed by atoms with Crippen molar-refractivity contribution in [2.45, 2.75) is 6.54 Å². The average molecular weight is 314 g/mol. The smallest absolute Gasteiger partial charge is 0.298 e. The molecule has 0 aliphatic heterocycles. The minimum Gasteiger partial charge on any atom is -0.325 e. The van der Waals surface area contributed by atoms with E-state index in [-0.39, 0.29) is 12.2 Å². The first-order valence-corrected chi connectivity index (χ1v) is 6.39. The van der Waals surface area contributed by atoms with E-state index < -0.39 is 33.8 Å². The Morgan fingerprint density at radius 3 is 2.76 bits per heavy atom. The monoisotopic (exact) mass is 314 g/mol. The lowest BCUT2D eigenvalue weighted by molar-refractivity contribution is -0.384. The van der Waals surface area contributed by atoms with Crippen molar-refractivity contribution in [3.63, 3.8) is 0 Å². The van der Waals surface area contributed by atoms with Gasteiger partial charge in [0.05, 0.1) is 11.0 Å². The van der Waals surface area contributed by atoms with E-state index in [0.29, 0.717) is 17.1 Å². The summed E-state index contributed by atoms with van der Waals surface area (Å²) in [7, 11) is 0. The van der Waals surface area contributed by atoms with Gasteiger partial charge in [0.15, 0.2) is 11.5 Å². The van der Waals surface area contributed by atoms with Gasteiger partial charge >= 0.3 is 0 Å². The van der Waals surface area contributed by atoms with Crippen LogP contribution in [0, 0.1) is 21.7 Å². The number of thiazole rings is 1. The number of carbonyl (C=O) groups is 1. The number of rotatable bonds is 4. The van der Waals surface area contributed by atoms with Gasteiger partial charge in [-0.25, -0.2) is 13.8 Å². The largest absolute Gasteiger partial charge is 0.325 e. The molecule has 0 fully saturated rings. The molecule has 21 heavy (non-hydrogen) atoms. The summed E-state index contributed by atoms with van der Waals surface area (Å²) in [5.41, 5.74) is 3.70. The number of nitro benzene ring substituents is 1. The molecule has 0 unspecified atom stereocenters. The molecule has 3 N–H and O–H groups in total. The van der Waals surface area contributed by atoms with Gasteiger partial charge in [-0.15, -0.1) is 11.3 Å². The third-order valence-electron chi connectivity index (χ3n) is 2.43. The highest BCUT2D eigenvalue weighted by molar-refractivity contribution is 7.09. The van der Waals surface area contributed by atoms with Crippen molar-refractivity contribution in [1.29, 1.82) is 0 Å². The van der Waals surface area contributed by atoms with Gasteiger partial charge in [0.25, 0.3) is 11.6 Å². The maximum absolute atomic E-state index is 13.6. The predicted octanol–water partition coefficient (Wildman–Crippen LogP) is 2.04. The molecule has 1 amide bonds. The fourth-order valence-corrected chi connectivity index (χ4v) is 2.17. The number of carbonyl (C=O) groups excluding carboxylic acids is 1. The molecular weight excluding hydrogens is 306 g/mol. The number of nitro groups is 1. The lowest BCUT2D eigenvalue weighted by Crippen LogP contribution is -2.15. The molecule has 0 saturated carbocycles. The van der Waals surface area contributed by atoms with Crippen LogP contribution in [0.25, 0.3) is 0 Å². The van der Waals surface area contributed by atoms with Crippen LogP contribution < -0.4 is 11.1 Å². The predicted molar refractivity (Wildman–Crippen MR) is 71.0 cm³/mol. The molecule has 1 aromatic heterocycles. The highest BCUT2D eigenvalue weighted by atomic mass is 32.1. The number of halogens is 2. The summed E-state index contributed by atoms with van der Waals surface area (Å²) in [6.45, 7) is 0.128. The summed E-state index contributed by atoms with van der Waals surface area (Å²) >= 11 is 1.12. The second kappa shape index (κ2) is 5.89. The zero-order chi connectivity index (χ0) is 15.6. The Bertz CT molecular complexity index is 719. The number of nitrogens with one attached hydrogen (secondary N) is 1. The van der Waals surface area contributed by atoms with Gasteiger partial charge in [0, 0.05) is 18.0 Å². The molecule has 2 rings (SSSR count). The fourth-order valence-electron chi connectivity index (χ4n) is 1.51. The van der Waals surface area contributed by atoms with Crippen LogP contribution in [0.4, 0.5) is 20.2 Å². The Morgan fingerprint density at radius 1 is 1.48 bits per heavy atom. The van der Waals surface area contributed by atoms with E-state index in [9.17, 15) is 23.7 Å². The van der Waals surface area contributed by atoms with Gasteiger partial charge in [-0.3, -0.25) is 14.9 Å². The summed E-state index contributed by atoms with van der Waals surface area (Å²) in [5, 5.41) is 14.7. The average Bonchev–Trinajstić information content (AvgIpc) is 2.90. The fraction of sp³-hybridized carbons (Fsp3) is 0.0909. The molecule has 0 atom stereocenters. The maximum atomic E-state index is 13.6. The maximum Gasteiger partial charge on any atom is 0.298 e. The molecule has 0 saturated heterocycles. The molecule has 10 heteroatoms. The second-order valence-corrected chi connectivity index (χ2v) is 4.77. The lowest BCUT2D eigenvalue weighted by Gasteiger charge is -2.06. The van der Waals surface area contributed by atoms with Crippen molar-refractivity contribution >= 4 is 28.6 Å². The molecule has 0 aliphatic rings. The molecule has 2 aromatic rings. The molecule has 110 valence electrons. The van der Waals surface area contributed by atoms with Crippen LogP contribution in [0.2, 0.25) is 0 Å². The van der Waals surface area contributed by atoms with Gasteiger partial charge in [-0.05, 0) is 0 Å². The standard InChI is InChI=1S/C11H8F2N4O3S/c12-5-1-6(13)10(8(2-5)17(19)20)16-11(18)7-4-21-9(3-14)15-7/h1-2,4H,3,14H2,(H,16,18). The van der Waals surface area contributed by atoms with E-state index in [2.05, 4.69) is 4.98 Å². The zero-order valence-corrected chi connectivity index (χ0v) is 11.1. The van der Waals surface area contributed by atoms with Gasteiger partial charge in [0.2, 0.25) is 0 Å². The topological polar surface area (TPSA) is 111 Å². The zero-order valence-electron chi connectivity index (χ0n) is 10.3. The van der Waals surface area contributed by atoms with Crippen molar-refractivity contribution in [2.24, 2.45) is 5.73 Å². The molecule has 0 spiro atoms. The quantitative estimate of drug-likeness (QED) is 0.662. The van der Waals surface area contributed by atoms with E-state index in [0.717, 1.165) is 11.3 Å². The Hall–Kier alpha value is -2.46. The summed E-state index contributed by atoms with van der Waals surface area (Å²) in [6.07, 6.45) is 0. The third kappa shape index (κ3) is 3.17. The van der Waals surface area contributed by atoms with E-state index >= 15 is 0 Å². The van der Waals surface area contributed by atoms with Crippen LogP contribution >= 0.6 is 11.3 Å². The number of amides is 1. The van der Waals surface area contributed by atoms with E-state index in [1.165, 1.54) is 5.38 Å². The molecule has 7 nitrogen and oxygen atoms in total. The van der Waals surface area contributed by atoms with Crippen LogP contribution in [-0.2, 0) is 6.54 Å². The van der Waals surface area contributed by atoms with Crippen LogP contribution in [-0.4, -0.2) is 15.8 Å². The normalized spacial score (nSPS) is 10.4. The third-order valence-corrected chi connectivity index (χ3v) is 3.30. The number of benzene rings is 1. The van der Waals surface area contributed by atoms with E-state index in [1.54, 1.807) is 0 Å². The molecule has 0 radical (unpaired) electrons. The number of hydrogen-bond donors (Lipinski definition) is 2. The molecule has 1 aromatic carbocycles. The summed E-state index contributed by atoms with van der Waals surface area (Å²) in [6, 6.07) is 0.958. The van der Waals surface area contributed by atoms with Gasteiger partial charge in [0.1, 0.15) is 16.5 Å². The SMILES string of the molecule is NCc1nc(C(=O)Nc2c(F)cc(F)cc2[N+](=O)[O-])cs1. The van der Waals surface area contributed by atoms with Gasteiger partial charge in [-0.1, -0.05) is 0 Å². The van der Waals surface area contributed by atoms with E-state index in [4.69, 9.17) is 5.73 Å². The highest BCUT2D eigenvalue weighted by Crippen LogP contribution is 2.29. The van der Waals surface area contributed by atoms with Crippen molar-refractivity contribution in [1.82, 2.24) is 4.98 Å². The van der Waals surface area contributed by atoms with Crippen molar-refractivity contribution in [2.75, 3.05) is 5.32 Å². The number of nitrogens with zero attached hydrogens (tertiary/aromatic N) is 2. The molecule has 1 heterocycles. The van der Waals surface area contributed by atoms with Crippen LogP contribution in [0.1, 0.15) is 15.5 Å². The number of hydrogen-bond acceptors (Lipinski definition) is 6. The minimum absolute atomic E-state index is 0.0570. The van der Waals surface area contributed by atoms with Crippen molar-refractivity contribution in [3.05, 3.63) is 50.0 Å². The Morgan fingerprint density at radius 2 is 2.19 bits per heavy atom. The number of nitrogens with two attached hydrogens (primary N) is 1. The summed E-state index contributed by atoms with van der Waals surface area (Å²) in [4.78, 5) is 25.5. The van der Waals surface area contributed by atoms with Gasteiger partial charge in [-0.2, -0.15) is 0 Å². The van der Waals surface area contributed by atoms with E-state index in [1.807, 2.05) is 5.32 Å². The van der Waals surface area contributed by atoms with Gasteiger partial charge < -0.3 is 11.1 Å². The first kappa shape index (κ1) is 14.9. The van der Waals surface area contributed by atoms with Crippen molar-refractivity contribution in [3.8, 4) is 0 Å². The Kier molecular flexibility index (Phi) is 4.19. The van der Waals surface area contributed by atoms with Crippen LogP contribution in [0.5, 0.6) is 0 Å². The molecule has 0 aliphatic carbocycles. The first-order valence-electron chi connectivity index (χ1n) is 5.51. The first-order chi connectivity index (χ1) is 9.92. The van der Waals surface area contributed by atoms with Crippen LogP contribution in [0.15, 0.2) is 17.5 Å². The number of aromatic nitrogens is 1. The molecule has 0 bridgehead atoms. The molecular formula is C11H8F2N4O3S. The van der Waals surface area contributed by atoms with Crippen LogP contribution in [0.3, 0.4) is 0 Å². The highest BCUT2D eigenvalue weighted by Gasteiger charge is 2.23. The minimum atomic E-state index is -1.25. The lowest BCUT2D eigenvalue weighted by atomic mass is 10.2. The summed E-state index contributed by atoms with van der Waals surface area (Å²) in [5.74, 6) is -3.21. The Balaban J connectivity index is 2.34. The number of anilines is 1. The second-order valence-electron chi connectivity index (χ2n) is 3.82. The van der Waals surface area contributed by atoms with Crippen molar-refractivity contribution < 1.29 is 18.5 Å². The summed E-state index contributed by atoms with van der Waals surface area (Å²) < 4.78 is 26.6. The Labute approximate surface area is 120 Å².